The number of aryl methyl sites for hydroxylation is 2. The first-order chi connectivity index (χ1) is 11.0. The molecule has 0 radical (unpaired) electrons. The minimum absolute atomic E-state index is 0.530. The van der Waals surface area contributed by atoms with Crippen LogP contribution in [0.3, 0.4) is 0 Å². The van der Waals surface area contributed by atoms with Crippen molar-refractivity contribution in [3.05, 3.63) is 53.9 Å². The van der Waals surface area contributed by atoms with Crippen molar-refractivity contribution in [3.8, 4) is 0 Å². The molecule has 2 aromatic carbocycles. The highest BCUT2D eigenvalue weighted by atomic mass is 16.2. The molecule has 0 aliphatic heterocycles. The fourth-order valence-electron chi connectivity index (χ4n) is 2.21. The number of carbonyl (C=O) groups is 2. The summed E-state index contributed by atoms with van der Waals surface area (Å²) in [6, 6.07) is 10.7. The van der Waals surface area contributed by atoms with Gasteiger partial charge in [-0.15, -0.1) is 0 Å². The Morgan fingerprint density at radius 1 is 0.913 bits per heavy atom. The number of carbonyl (C=O) groups excluding carboxylic acids is 2. The summed E-state index contributed by atoms with van der Waals surface area (Å²) < 4.78 is 0. The Kier molecular flexibility index (Phi) is 3.80. The highest BCUT2D eigenvalue weighted by molar-refractivity contribution is 6.43. The first kappa shape index (κ1) is 14.8. The molecule has 1 aromatic heterocycles. The third-order valence-electron chi connectivity index (χ3n) is 3.65. The van der Waals surface area contributed by atoms with Gasteiger partial charge in [-0.1, -0.05) is 6.07 Å². The largest absolute Gasteiger partial charge is 0.345 e. The molecule has 116 valence electrons. The van der Waals surface area contributed by atoms with E-state index in [1.165, 1.54) is 0 Å². The standard InChI is InChI=1S/C17H16N4O2/c1-10-3-4-12(7-11(10)2)20-16(22)17(23)21-13-5-6-14-15(8-13)19-9-18-14/h3-9H,1-2H3,(H,18,19)(H,20,22)(H,21,23). The number of nitrogens with one attached hydrogen (secondary N) is 3. The van der Waals surface area contributed by atoms with Crippen molar-refractivity contribution in [1.29, 1.82) is 0 Å². The van der Waals surface area contributed by atoms with Crippen LogP contribution in [0.4, 0.5) is 11.4 Å². The summed E-state index contributed by atoms with van der Waals surface area (Å²) in [6.45, 7) is 3.93. The van der Waals surface area contributed by atoms with E-state index in [0.29, 0.717) is 11.4 Å². The third kappa shape index (κ3) is 3.21. The number of aromatic nitrogens is 2. The molecule has 0 bridgehead atoms. The Bertz CT molecular complexity index is 898. The molecule has 3 aromatic rings. The number of hydrogen-bond donors (Lipinski definition) is 3. The summed E-state index contributed by atoms with van der Waals surface area (Å²) in [7, 11) is 0. The number of fused-ring (bicyclic) bond motifs is 1. The zero-order chi connectivity index (χ0) is 16.4. The third-order valence-corrected chi connectivity index (χ3v) is 3.65. The second kappa shape index (κ2) is 5.92. The molecule has 0 aliphatic rings. The summed E-state index contributed by atoms with van der Waals surface area (Å²) in [5.74, 6) is -1.43. The molecule has 6 nitrogen and oxygen atoms in total. The smallest absolute Gasteiger partial charge is 0.314 e. The van der Waals surface area contributed by atoms with E-state index in [9.17, 15) is 9.59 Å². The topological polar surface area (TPSA) is 86.9 Å². The van der Waals surface area contributed by atoms with Gasteiger partial charge in [0.15, 0.2) is 0 Å². The minimum Gasteiger partial charge on any atom is -0.345 e. The van der Waals surface area contributed by atoms with Gasteiger partial charge in [0, 0.05) is 11.4 Å². The molecular formula is C17H16N4O2. The van der Waals surface area contributed by atoms with Gasteiger partial charge >= 0.3 is 11.8 Å². The lowest BCUT2D eigenvalue weighted by atomic mass is 10.1. The fraction of sp³-hybridized carbons (Fsp3) is 0.118. The number of hydrogen-bond acceptors (Lipinski definition) is 3. The number of amides is 2. The fourth-order valence-corrected chi connectivity index (χ4v) is 2.21. The quantitative estimate of drug-likeness (QED) is 0.636. The predicted octanol–water partition coefficient (Wildman–Crippen LogP) is 2.76. The van der Waals surface area contributed by atoms with Crippen molar-refractivity contribution in [2.75, 3.05) is 10.6 Å². The highest BCUT2D eigenvalue weighted by Gasteiger charge is 2.14. The van der Waals surface area contributed by atoms with Crippen molar-refractivity contribution < 1.29 is 9.59 Å². The maximum Gasteiger partial charge on any atom is 0.314 e. The van der Waals surface area contributed by atoms with Gasteiger partial charge in [0.1, 0.15) is 0 Å². The lowest BCUT2D eigenvalue weighted by Gasteiger charge is -2.08. The molecule has 2 amide bonds. The Morgan fingerprint density at radius 3 is 2.26 bits per heavy atom. The number of rotatable bonds is 2. The lowest BCUT2D eigenvalue weighted by Crippen LogP contribution is -2.29. The zero-order valence-electron chi connectivity index (χ0n) is 12.8. The van der Waals surface area contributed by atoms with E-state index in [1.54, 1.807) is 30.6 Å². The van der Waals surface area contributed by atoms with Crippen LogP contribution >= 0.6 is 0 Å². The van der Waals surface area contributed by atoms with Gasteiger partial charge in [0.05, 0.1) is 17.4 Å². The second-order valence-electron chi connectivity index (χ2n) is 5.34. The van der Waals surface area contributed by atoms with Crippen LogP contribution in [-0.4, -0.2) is 21.8 Å². The highest BCUT2D eigenvalue weighted by Crippen LogP contribution is 2.16. The Morgan fingerprint density at radius 2 is 1.57 bits per heavy atom. The number of benzene rings is 2. The zero-order valence-corrected chi connectivity index (χ0v) is 12.8. The van der Waals surface area contributed by atoms with Crippen molar-refractivity contribution in [1.82, 2.24) is 9.97 Å². The molecule has 1 heterocycles. The molecule has 0 fully saturated rings. The van der Waals surface area contributed by atoms with Gasteiger partial charge in [0.25, 0.3) is 0 Å². The summed E-state index contributed by atoms with van der Waals surface area (Å²) in [6.07, 6.45) is 1.57. The molecular weight excluding hydrogens is 292 g/mol. The number of aromatic amines is 1. The van der Waals surface area contributed by atoms with Crippen LogP contribution in [0.1, 0.15) is 11.1 Å². The van der Waals surface area contributed by atoms with E-state index >= 15 is 0 Å². The number of imidazole rings is 1. The monoisotopic (exact) mass is 308 g/mol. The van der Waals surface area contributed by atoms with Crippen LogP contribution in [0.2, 0.25) is 0 Å². The maximum atomic E-state index is 12.0. The Balaban J connectivity index is 1.69. The van der Waals surface area contributed by atoms with Gasteiger partial charge < -0.3 is 15.6 Å². The van der Waals surface area contributed by atoms with E-state index < -0.39 is 11.8 Å². The first-order valence-electron chi connectivity index (χ1n) is 7.15. The molecule has 23 heavy (non-hydrogen) atoms. The normalized spacial score (nSPS) is 10.5. The van der Waals surface area contributed by atoms with Crippen LogP contribution in [0.25, 0.3) is 11.0 Å². The van der Waals surface area contributed by atoms with E-state index in [1.807, 2.05) is 26.0 Å². The average molecular weight is 308 g/mol. The predicted molar refractivity (Wildman–Crippen MR) is 89.3 cm³/mol. The summed E-state index contributed by atoms with van der Waals surface area (Å²) in [4.78, 5) is 31.0. The van der Waals surface area contributed by atoms with Crippen molar-refractivity contribution in [3.63, 3.8) is 0 Å². The van der Waals surface area contributed by atoms with Gasteiger partial charge in [-0.25, -0.2) is 4.98 Å². The van der Waals surface area contributed by atoms with Crippen LogP contribution in [0.5, 0.6) is 0 Å². The molecule has 0 aliphatic carbocycles. The molecule has 0 spiro atoms. The molecule has 0 atom stereocenters. The molecule has 3 rings (SSSR count). The average Bonchev–Trinajstić information content (AvgIpc) is 2.98. The van der Waals surface area contributed by atoms with Crippen molar-refractivity contribution >= 4 is 34.2 Å². The van der Waals surface area contributed by atoms with Crippen LogP contribution in [-0.2, 0) is 9.59 Å². The van der Waals surface area contributed by atoms with Gasteiger partial charge in [0.2, 0.25) is 0 Å². The molecule has 0 saturated heterocycles. The lowest BCUT2D eigenvalue weighted by molar-refractivity contribution is -0.132. The van der Waals surface area contributed by atoms with Crippen LogP contribution in [0, 0.1) is 13.8 Å². The second-order valence-corrected chi connectivity index (χ2v) is 5.34. The maximum absolute atomic E-state index is 12.0. The van der Waals surface area contributed by atoms with E-state index in [-0.39, 0.29) is 0 Å². The molecule has 6 heteroatoms. The van der Waals surface area contributed by atoms with Crippen molar-refractivity contribution in [2.45, 2.75) is 13.8 Å². The summed E-state index contributed by atoms with van der Waals surface area (Å²) in [5, 5.41) is 5.16. The minimum atomic E-state index is -0.720. The SMILES string of the molecule is Cc1ccc(NC(=O)C(=O)Nc2ccc3nc[nH]c3c2)cc1C. The summed E-state index contributed by atoms with van der Waals surface area (Å²) in [5.41, 5.74) is 4.88. The van der Waals surface area contributed by atoms with Gasteiger partial charge in [-0.3, -0.25) is 9.59 Å². The van der Waals surface area contributed by atoms with Gasteiger partial charge in [-0.2, -0.15) is 0 Å². The van der Waals surface area contributed by atoms with Crippen LogP contribution in [0.15, 0.2) is 42.7 Å². The van der Waals surface area contributed by atoms with Crippen molar-refractivity contribution in [2.24, 2.45) is 0 Å². The van der Waals surface area contributed by atoms with E-state index in [2.05, 4.69) is 20.6 Å². The van der Waals surface area contributed by atoms with Crippen LogP contribution < -0.4 is 10.6 Å². The molecule has 0 unspecified atom stereocenters. The Labute approximate surface area is 132 Å². The van der Waals surface area contributed by atoms with E-state index in [0.717, 1.165) is 22.2 Å². The van der Waals surface area contributed by atoms with E-state index in [4.69, 9.17) is 0 Å². The molecule has 3 N–H and O–H groups in total. The van der Waals surface area contributed by atoms with Gasteiger partial charge in [-0.05, 0) is 55.3 Å². The Hall–Kier alpha value is -3.15. The first-order valence-corrected chi connectivity index (χ1v) is 7.15. The summed E-state index contributed by atoms with van der Waals surface area (Å²) >= 11 is 0. The number of H-pyrrole nitrogens is 1. The number of nitrogens with zero attached hydrogens (tertiary/aromatic N) is 1. The molecule has 0 saturated carbocycles. The number of anilines is 2.